The number of carbonyl (C=O) groups excluding carboxylic acids is 1. The molecule has 0 fully saturated rings. The van der Waals surface area contributed by atoms with E-state index in [1.807, 2.05) is 55.5 Å². The summed E-state index contributed by atoms with van der Waals surface area (Å²) in [7, 11) is 1.66. The third kappa shape index (κ3) is 5.59. The molecule has 1 amide bonds. The van der Waals surface area contributed by atoms with E-state index in [9.17, 15) is 4.79 Å². The van der Waals surface area contributed by atoms with Gasteiger partial charge in [-0.25, -0.2) is 0 Å². The molecule has 2 aromatic carbocycles. The van der Waals surface area contributed by atoms with Gasteiger partial charge in [0.15, 0.2) is 0 Å². The highest BCUT2D eigenvalue weighted by Gasteiger charge is 2.04. The van der Waals surface area contributed by atoms with Crippen molar-refractivity contribution in [3.63, 3.8) is 0 Å². The fraction of sp³-hybridized carbons (Fsp3) is 0.316. The largest absolute Gasteiger partial charge is 0.496 e. The summed E-state index contributed by atoms with van der Waals surface area (Å²) in [6, 6.07) is 15.2. The molecule has 24 heavy (non-hydrogen) atoms. The standard InChI is InChI=1S/C19H24N2O3/c1-3-24-17-10-8-16(9-11-17)21-19(22)12-13-20-14-15-6-4-5-7-18(15)23-2/h4-11,20H,3,12-14H2,1-2H3,(H,21,22). The summed E-state index contributed by atoms with van der Waals surface area (Å²) < 4.78 is 10.7. The summed E-state index contributed by atoms with van der Waals surface area (Å²) >= 11 is 0. The Bertz CT molecular complexity index is 641. The van der Waals surface area contributed by atoms with Crippen LogP contribution < -0.4 is 20.1 Å². The number of amides is 1. The van der Waals surface area contributed by atoms with Crippen molar-refractivity contribution in [2.24, 2.45) is 0 Å². The van der Waals surface area contributed by atoms with Gasteiger partial charge in [0, 0.05) is 30.8 Å². The van der Waals surface area contributed by atoms with Crippen molar-refractivity contribution in [1.82, 2.24) is 5.32 Å². The summed E-state index contributed by atoms with van der Waals surface area (Å²) in [5.74, 6) is 1.63. The lowest BCUT2D eigenvalue weighted by Gasteiger charge is -2.10. The quantitative estimate of drug-likeness (QED) is 0.694. The first-order chi connectivity index (χ1) is 11.7. The number of rotatable bonds is 9. The minimum atomic E-state index is -0.0216. The van der Waals surface area contributed by atoms with Crippen LogP contribution in [0, 0.1) is 0 Å². The van der Waals surface area contributed by atoms with Gasteiger partial charge < -0.3 is 20.1 Å². The van der Waals surface area contributed by atoms with Crippen LogP contribution in [-0.4, -0.2) is 26.2 Å². The number of hydrogen-bond acceptors (Lipinski definition) is 4. The van der Waals surface area contributed by atoms with Gasteiger partial charge in [0.25, 0.3) is 0 Å². The molecular weight excluding hydrogens is 304 g/mol. The van der Waals surface area contributed by atoms with E-state index in [1.165, 1.54) is 0 Å². The molecule has 2 N–H and O–H groups in total. The van der Waals surface area contributed by atoms with Crippen molar-refractivity contribution in [3.8, 4) is 11.5 Å². The Hall–Kier alpha value is -2.53. The Morgan fingerprint density at radius 1 is 1.08 bits per heavy atom. The third-order valence-corrected chi connectivity index (χ3v) is 3.49. The van der Waals surface area contributed by atoms with Crippen molar-refractivity contribution < 1.29 is 14.3 Å². The van der Waals surface area contributed by atoms with Crippen molar-refractivity contribution in [2.45, 2.75) is 19.9 Å². The highest BCUT2D eigenvalue weighted by molar-refractivity contribution is 5.90. The second-order valence-electron chi connectivity index (χ2n) is 5.24. The van der Waals surface area contributed by atoms with E-state index >= 15 is 0 Å². The van der Waals surface area contributed by atoms with Gasteiger partial charge in [0.1, 0.15) is 11.5 Å². The Morgan fingerprint density at radius 3 is 2.54 bits per heavy atom. The number of benzene rings is 2. The fourth-order valence-electron chi connectivity index (χ4n) is 2.30. The number of hydrogen-bond donors (Lipinski definition) is 2. The molecule has 2 aromatic rings. The molecule has 5 heteroatoms. The molecule has 0 saturated heterocycles. The van der Waals surface area contributed by atoms with E-state index < -0.39 is 0 Å². The van der Waals surface area contributed by atoms with Gasteiger partial charge in [-0.15, -0.1) is 0 Å². The lowest BCUT2D eigenvalue weighted by atomic mass is 10.2. The summed E-state index contributed by atoms with van der Waals surface area (Å²) in [6.45, 7) is 3.83. The molecule has 0 aliphatic carbocycles. The SMILES string of the molecule is CCOc1ccc(NC(=O)CCNCc2ccccc2OC)cc1. The fourth-order valence-corrected chi connectivity index (χ4v) is 2.30. The molecule has 0 saturated carbocycles. The van der Waals surface area contributed by atoms with Gasteiger partial charge in [0.05, 0.1) is 13.7 Å². The number of carbonyl (C=O) groups is 1. The molecule has 0 spiro atoms. The number of para-hydroxylation sites is 1. The minimum Gasteiger partial charge on any atom is -0.496 e. The van der Waals surface area contributed by atoms with Gasteiger partial charge in [-0.05, 0) is 37.3 Å². The average molecular weight is 328 g/mol. The van der Waals surface area contributed by atoms with E-state index in [0.29, 0.717) is 26.1 Å². The summed E-state index contributed by atoms with van der Waals surface area (Å²) in [4.78, 5) is 12.0. The van der Waals surface area contributed by atoms with Crippen molar-refractivity contribution in [2.75, 3.05) is 25.6 Å². The van der Waals surface area contributed by atoms with Crippen molar-refractivity contribution in [1.29, 1.82) is 0 Å². The monoisotopic (exact) mass is 328 g/mol. The zero-order valence-corrected chi connectivity index (χ0v) is 14.2. The van der Waals surface area contributed by atoms with E-state index in [2.05, 4.69) is 10.6 Å². The topological polar surface area (TPSA) is 59.6 Å². The molecule has 0 unspecified atom stereocenters. The second-order valence-corrected chi connectivity index (χ2v) is 5.24. The molecule has 5 nitrogen and oxygen atoms in total. The highest BCUT2D eigenvalue weighted by atomic mass is 16.5. The summed E-state index contributed by atoms with van der Waals surface area (Å²) in [6.07, 6.45) is 0.405. The van der Waals surface area contributed by atoms with Crippen LogP contribution in [0.15, 0.2) is 48.5 Å². The van der Waals surface area contributed by atoms with E-state index in [1.54, 1.807) is 7.11 Å². The maximum absolute atomic E-state index is 12.0. The van der Waals surface area contributed by atoms with E-state index in [0.717, 1.165) is 22.7 Å². The smallest absolute Gasteiger partial charge is 0.225 e. The Morgan fingerprint density at radius 2 is 1.83 bits per heavy atom. The van der Waals surface area contributed by atoms with Crippen LogP contribution in [0.2, 0.25) is 0 Å². The summed E-state index contributed by atoms with van der Waals surface area (Å²) in [5, 5.41) is 6.13. The van der Waals surface area contributed by atoms with Crippen LogP contribution >= 0.6 is 0 Å². The Labute approximate surface area is 143 Å². The maximum atomic E-state index is 12.0. The van der Waals surface area contributed by atoms with Gasteiger partial charge >= 0.3 is 0 Å². The van der Waals surface area contributed by atoms with Gasteiger partial charge in [-0.2, -0.15) is 0 Å². The molecule has 0 atom stereocenters. The average Bonchev–Trinajstić information content (AvgIpc) is 2.61. The first kappa shape index (κ1) is 17.8. The van der Waals surface area contributed by atoms with Gasteiger partial charge in [-0.1, -0.05) is 18.2 Å². The minimum absolute atomic E-state index is 0.0216. The van der Waals surface area contributed by atoms with E-state index in [-0.39, 0.29) is 5.91 Å². The number of ether oxygens (including phenoxy) is 2. The predicted molar refractivity (Wildman–Crippen MR) is 95.6 cm³/mol. The number of nitrogens with one attached hydrogen (secondary N) is 2. The first-order valence-corrected chi connectivity index (χ1v) is 8.08. The molecule has 128 valence electrons. The number of methoxy groups -OCH3 is 1. The van der Waals surface area contributed by atoms with E-state index in [4.69, 9.17) is 9.47 Å². The normalized spacial score (nSPS) is 10.2. The maximum Gasteiger partial charge on any atom is 0.225 e. The molecule has 0 bridgehead atoms. The van der Waals surface area contributed by atoms with Gasteiger partial charge in [0.2, 0.25) is 5.91 Å². The van der Waals surface area contributed by atoms with Crippen LogP contribution in [0.1, 0.15) is 18.9 Å². The first-order valence-electron chi connectivity index (χ1n) is 8.08. The van der Waals surface area contributed by atoms with Crippen LogP contribution in [-0.2, 0) is 11.3 Å². The molecule has 0 aliphatic rings. The molecular formula is C19H24N2O3. The Kier molecular flexibility index (Phi) is 7.11. The van der Waals surface area contributed by atoms with Crippen LogP contribution in [0.5, 0.6) is 11.5 Å². The van der Waals surface area contributed by atoms with Gasteiger partial charge in [-0.3, -0.25) is 4.79 Å². The zero-order valence-electron chi connectivity index (χ0n) is 14.2. The summed E-state index contributed by atoms with van der Waals surface area (Å²) in [5.41, 5.74) is 1.85. The zero-order chi connectivity index (χ0) is 17.2. The Balaban J connectivity index is 1.71. The van der Waals surface area contributed by atoms with Crippen LogP contribution in [0.25, 0.3) is 0 Å². The lowest BCUT2D eigenvalue weighted by Crippen LogP contribution is -2.21. The molecule has 0 aromatic heterocycles. The third-order valence-electron chi connectivity index (χ3n) is 3.49. The van der Waals surface area contributed by atoms with Crippen LogP contribution in [0.3, 0.4) is 0 Å². The van der Waals surface area contributed by atoms with Crippen molar-refractivity contribution in [3.05, 3.63) is 54.1 Å². The van der Waals surface area contributed by atoms with Crippen LogP contribution in [0.4, 0.5) is 5.69 Å². The number of anilines is 1. The highest BCUT2D eigenvalue weighted by Crippen LogP contribution is 2.17. The molecule has 0 radical (unpaired) electrons. The lowest BCUT2D eigenvalue weighted by molar-refractivity contribution is -0.116. The molecule has 0 aliphatic heterocycles. The second kappa shape index (κ2) is 9.57. The predicted octanol–water partition coefficient (Wildman–Crippen LogP) is 3.21. The van der Waals surface area contributed by atoms with Crippen molar-refractivity contribution >= 4 is 11.6 Å². The molecule has 2 rings (SSSR count). The molecule has 0 heterocycles.